The molecule has 2 aromatic heterocycles. The number of aromatic nitrogens is 2. The highest BCUT2D eigenvalue weighted by atomic mass is 32.1. The average molecular weight is 364 g/mol. The summed E-state index contributed by atoms with van der Waals surface area (Å²) in [6.45, 7) is 5.78. The molecule has 0 radical (unpaired) electrons. The van der Waals surface area contributed by atoms with Crippen LogP contribution in [-0.2, 0) is 16.1 Å². The summed E-state index contributed by atoms with van der Waals surface area (Å²) in [7, 11) is 0. The standard InChI is InChI=1S/C16H20N4O4S/c1-4-24-16(23)12-10(3)13(14(17)22)25-15(12)19-11(21)5-6-20-8-9(2)7-18-20/h7-8H,4-6H2,1-3H3,(H2,17,22)(H,19,21). The minimum absolute atomic E-state index is 0.170. The molecule has 134 valence electrons. The topological polar surface area (TPSA) is 116 Å². The van der Waals surface area contributed by atoms with Crippen molar-refractivity contribution in [3.8, 4) is 0 Å². The van der Waals surface area contributed by atoms with Crippen molar-refractivity contribution >= 4 is 34.1 Å². The molecule has 0 bridgehead atoms. The van der Waals surface area contributed by atoms with E-state index in [1.165, 1.54) is 0 Å². The van der Waals surface area contributed by atoms with E-state index in [-0.39, 0.29) is 34.4 Å². The second-order valence-electron chi connectivity index (χ2n) is 5.42. The summed E-state index contributed by atoms with van der Waals surface area (Å²) >= 11 is 0.973. The maximum atomic E-state index is 12.2. The predicted octanol–water partition coefficient (Wildman–Crippen LogP) is 1.87. The number of carbonyl (C=O) groups is 3. The molecule has 3 N–H and O–H groups in total. The van der Waals surface area contributed by atoms with E-state index < -0.39 is 11.9 Å². The number of amides is 2. The zero-order valence-corrected chi connectivity index (χ0v) is 15.1. The lowest BCUT2D eigenvalue weighted by Gasteiger charge is -2.07. The number of nitrogens with one attached hydrogen (secondary N) is 1. The van der Waals surface area contributed by atoms with Crippen molar-refractivity contribution in [2.24, 2.45) is 5.73 Å². The lowest BCUT2D eigenvalue weighted by molar-refractivity contribution is -0.116. The van der Waals surface area contributed by atoms with E-state index in [1.54, 1.807) is 24.7 Å². The van der Waals surface area contributed by atoms with E-state index in [0.717, 1.165) is 16.9 Å². The number of primary amides is 1. The molecule has 2 heterocycles. The molecule has 8 nitrogen and oxygen atoms in total. The molecule has 9 heteroatoms. The maximum Gasteiger partial charge on any atom is 0.341 e. The van der Waals surface area contributed by atoms with Gasteiger partial charge in [-0.2, -0.15) is 5.10 Å². The monoisotopic (exact) mass is 364 g/mol. The van der Waals surface area contributed by atoms with E-state index in [1.807, 2.05) is 13.1 Å². The van der Waals surface area contributed by atoms with Crippen molar-refractivity contribution in [2.75, 3.05) is 11.9 Å². The first-order valence-corrected chi connectivity index (χ1v) is 8.54. The summed E-state index contributed by atoms with van der Waals surface area (Å²) < 4.78 is 6.67. The molecule has 0 aliphatic rings. The molecule has 25 heavy (non-hydrogen) atoms. The Morgan fingerprint density at radius 2 is 2.08 bits per heavy atom. The van der Waals surface area contributed by atoms with Gasteiger partial charge < -0.3 is 15.8 Å². The molecule has 0 saturated carbocycles. The first kappa shape index (κ1) is 18.7. The van der Waals surface area contributed by atoms with Crippen LogP contribution in [0.2, 0.25) is 0 Å². The third-order valence-corrected chi connectivity index (χ3v) is 4.66. The number of carbonyl (C=O) groups excluding carboxylic acids is 3. The Morgan fingerprint density at radius 3 is 2.64 bits per heavy atom. The molecule has 0 spiro atoms. The first-order chi connectivity index (χ1) is 11.8. The number of anilines is 1. The predicted molar refractivity (Wildman–Crippen MR) is 93.7 cm³/mol. The fraction of sp³-hybridized carbons (Fsp3) is 0.375. The van der Waals surface area contributed by atoms with Gasteiger partial charge in [0, 0.05) is 19.2 Å². The van der Waals surface area contributed by atoms with Crippen molar-refractivity contribution in [1.29, 1.82) is 0 Å². The van der Waals surface area contributed by atoms with Gasteiger partial charge >= 0.3 is 5.97 Å². The van der Waals surface area contributed by atoms with Crippen LogP contribution in [0.1, 0.15) is 44.5 Å². The summed E-state index contributed by atoms with van der Waals surface area (Å²) in [5, 5.41) is 7.05. The molecule has 0 aliphatic carbocycles. The Kier molecular flexibility index (Phi) is 5.92. The lowest BCUT2D eigenvalue weighted by Crippen LogP contribution is -2.16. The van der Waals surface area contributed by atoms with Crippen LogP contribution in [-0.4, -0.2) is 34.2 Å². The van der Waals surface area contributed by atoms with Crippen molar-refractivity contribution in [3.63, 3.8) is 0 Å². The summed E-state index contributed by atoms with van der Waals surface area (Å²) in [6, 6.07) is 0. The van der Waals surface area contributed by atoms with Gasteiger partial charge in [0.05, 0.1) is 23.2 Å². The number of thiophene rings is 1. The molecule has 0 atom stereocenters. The van der Waals surface area contributed by atoms with E-state index in [9.17, 15) is 14.4 Å². The Labute approximate surface area is 149 Å². The smallest absolute Gasteiger partial charge is 0.341 e. The lowest BCUT2D eigenvalue weighted by atomic mass is 10.1. The zero-order chi connectivity index (χ0) is 18.6. The minimum Gasteiger partial charge on any atom is -0.462 e. The molecule has 0 fully saturated rings. The molecular formula is C16H20N4O4S. The third-order valence-electron chi connectivity index (χ3n) is 3.43. The van der Waals surface area contributed by atoms with Crippen LogP contribution in [0, 0.1) is 13.8 Å². The van der Waals surface area contributed by atoms with Gasteiger partial charge in [-0.1, -0.05) is 0 Å². The summed E-state index contributed by atoms with van der Waals surface area (Å²) in [4.78, 5) is 36.1. The highest BCUT2D eigenvalue weighted by Gasteiger charge is 2.25. The fourth-order valence-electron chi connectivity index (χ4n) is 2.28. The van der Waals surface area contributed by atoms with Gasteiger partial charge in [-0.15, -0.1) is 11.3 Å². The van der Waals surface area contributed by atoms with Crippen molar-refractivity contribution in [1.82, 2.24) is 9.78 Å². The largest absolute Gasteiger partial charge is 0.462 e. The number of esters is 1. The van der Waals surface area contributed by atoms with E-state index in [4.69, 9.17) is 10.5 Å². The average Bonchev–Trinajstić information content (AvgIpc) is 3.09. The van der Waals surface area contributed by atoms with Gasteiger partial charge in [0.15, 0.2) is 0 Å². The first-order valence-electron chi connectivity index (χ1n) is 7.72. The Morgan fingerprint density at radius 1 is 1.36 bits per heavy atom. The van der Waals surface area contributed by atoms with Crippen LogP contribution < -0.4 is 11.1 Å². The highest BCUT2D eigenvalue weighted by molar-refractivity contribution is 7.18. The van der Waals surface area contributed by atoms with Gasteiger partial charge in [-0.05, 0) is 31.9 Å². The molecule has 0 saturated heterocycles. The van der Waals surface area contributed by atoms with Crippen LogP contribution in [0.3, 0.4) is 0 Å². The molecular weight excluding hydrogens is 344 g/mol. The van der Waals surface area contributed by atoms with Gasteiger partial charge in [0.25, 0.3) is 5.91 Å². The van der Waals surface area contributed by atoms with Crippen LogP contribution in [0.25, 0.3) is 0 Å². The van der Waals surface area contributed by atoms with Gasteiger partial charge in [0.1, 0.15) is 5.00 Å². The SMILES string of the molecule is CCOC(=O)c1c(NC(=O)CCn2cc(C)cn2)sc(C(N)=O)c1C. The van der Waals surface area contributed by atoms with Crippen LogP contribution in [0.5, 0.6) is 0 Å². The highest BCUT2D eigenvalue weighted by Crippen LogP contribution is 2.33. The molecule has 0 aliphatic heterocycles. The number of hydrogen-bond donors (Lipinski definition) is 2. The van der Waals surface area contributed by atoms with E-state index in [0.29, 0.717) is 12.1 Å². The van der Waals surface area contributed by atoms with Gasteiger partial charge in [0.2, 0.25) is 5.91 Å². The number of ether oxygens (including phenoxy) is 1. The van der Waals surface area contributed by atoms with Crippen LogP contribution >= 0.6 is 11.3 Å². The third kappa shape index (κ3) is 4.44. The molecule has 2 rings (SSSR count). The minimum atomic E-state index is -0.652. The Hall–Kier alpha value is -2.68. The quantitative estimate of drug-likeness (QED) is 0.728. The number of aryl methyl sites for hydroxylation is 2. The number of rotatable bonds is 7. The maximum absolute atomic E-state index is 12.2. The van der Waals surface area contributed by atoms with Gasteiger partial charge in [-0.25, -0.2) is 4.79 Å². The Balaban J connectivity index is 2.16. The van der Waals surface area contributed by atoms with E-state index in [2.05, 4.69) is 10.4 Å². The molecule has 2 aromatic rings. The molecule has 0 aromatic carbocycles. The van der Waals surface area contributed by atoms with Crippen molar-refractivity contribution in [3.05, 3.63) is 34.0 Å². The number of nitrogens with two attached hydrogens (primary N) is 1. The fourth-order valence-corrected chi connectivity index (χ4v) is 3.34. The van der Waals surface area contributed by atoms with Crippen LogP contribution in [0.15, 0.2) is 12.4 Å². The Bertz CT molecular complexity index is 809. The molecule has 0 unspecified atom stereocenters. The van der Waals surface area contributed by atoms with Crippen molar-refractivity contribution in [2.45, 2.75) is 33.7 Å². The van der Waals surface area contributed by atoms with Crippen LogP contribution in [0.4, 0.5) is 5.00 Å². The summed E-state index contributed by atoms with van der Waals surface area (Å²) in [5.41, 5.74) is 6.92. The summed E-state index contributed by atoms with van der Waals surface area (Å²) in [6.07, 6.45) is 3.71. The normalized spacial score (nSPS) is 10.5. The van der Waals surface area contributed by atoms with Gasteiger partial charge in [-0.3, -0.25) is 14.3 Å². The number of hydrogen-bond acceptors (Lipinski definition) is 6. The zero-order valence-electron chi connectivity index (χ0n) is 14.3. The van der Waals surface area contributed by atoms with E-state index >= 15 is 0 Å². The van der Waals surface area contributed by atoms with Crippen molar-refractivity contribution < 1.29 is 19.1 Å². The number of nitrogens with zero attached hydrogens (tertiary/aromatic N) is 2. The summed E-state index contributed by atoms with van der Waals surface area (Å²) in [5.74, 6) is -1.54. The molecule has 2 amide bonds. The second-order valence-corrected chi connectivity index (χ2v) is 6.44. The second kappa shape index (κ2) is 7.93.